The van der Waals surface area contributed by atoms with E-state index < -0.39 is 0 Å². The number of nitrogens with zero attached hydrogens (tertiary/aromatic N) is 2. The summed E-state index contributed by atoms with van der Waals surface area (Å²) in [5, 5.41) is 11.8. The van der Waals surface area contributed by atoms with E-state index in [4.69, 9.17) is 5.73 Å². The molecule has 0 radical (unpaired) electrons. The maximum atomic E-state index is 12.7. The van der Waals surface area contributed by atoms with Crippen LogP contribution >= 0.6 is 11.3 Å². The standard InChI is InChI=1S/C16H17N5OS/c1-8-10-6-5-9(7-12(10)21-20-8)18-15(22)11-3-2-4-13-14(11)19-16(17)23-13/h5-7,11H,2-4H2,1H3,(H2,17,19)(H,18,22)(H,20,21). The normalized spacial score (nSPS) is 17.2. The Morgan fingerprint density at radius 1 is 1.48 bits per heavy atom. The maximum Gasteiger partial charge on any atom is 0.233 e. The van der Waals surface area contributed by atoms with Gasteiger partial charge in [0.25, 0.3) is 0 Å². The summed E-state index contributed by atoms with van der Waals surface area (Å²) in [5.41, 5.74) is 9.28. The number of hydrogen-bond donors (Lipinski definition) is 3. The number of carbonyl (C=O) groups is 1. The number of thiazole rings is 1. The Kier molecular flexibility index (Phi) is 3.30. The Labute approximate surface area is 137 Å². The summed E-state index contributed by atoms with van der Waals surface area (Å²) in [6, 6.07) is 5.76. The predicted octanol–water partition coefficient (Wildman–Crippen LogP) is 2.97. The molecule has 0 fully saturated rings. The van der Waals surface area contributed by atoms with Gasteiger partial charge in [-0.1, -0.05) is 0 Å². The molecule has 118 valence electrons. The van der Waals surface area contributed by atoms with Crippen molar-refractivity contribution >= 4 is 39.0 Å². The third-order valence-corrected chi connectivity index (χ3v) is 5.26. The second-order valence-electron chi connectivity index (χ2n) is 5.88. The van der Waals surface area contributed by atoms with Crippen LogP contribution in [0.3, 0.4) is 0 Å². The fourth-order valence-corrected chi connectivity index (χ4v) is 4.08. The zero-order valence-corrected chi connectivity index (χ0v) is 13.5. The fraction of sp³-hybridized carbons (Fsp3) is 0.312. The van der Waals surface area contributed by atoms with Crippen molar-refractivity contribution < 1.29 is 4.79 Å². The molecule has 4 N–H and O–H groups in total. The van der Waals surface area contributed by atoms with Crippen molar-refractivity contribution in [1.29, 1.82) is 0 Å². The van der Waals surface area contributed by atoms with Gasteiger partial charge in [0, 0.05) is 21.6 Å². The van der Waals surface area contributed by atoms with Gasteiger partial charge in [-0.2, -0.15) is 5.10 Å². The number of nitrogens with two attached hydrogens (primary N) is 1. The lowest BCUT2D eigenvalue weighted by molar-refractivity contribution is -0.117. The van der Waals surface area contributed by atoms with Crippen LogP contribution in [0.25, 0.3) is 10.9 Å². The van der Waals surface area contributed by atoms with Crippen molar-refractivity contribution in [3.63, 3.8) is 0 Å². The SMILES string of the molecule is Cc1[nH]nc2cc(NC(=O)C3CCCc4sc(N)nc43)ccc12. The minimum atomic E-state index is -0.219. The summed E-state index contributed by atoms with van der Waals surface area (Å²) in [5.74, 6) is -0.244. The van der Waals surface area contributed by atoms with Gasteiger partial charge < -0.3 is 11.1 Å². The van der Waals surface area contributed by atoms with Crippen molar-refractivity contribution in [3.8, 4) is 0 Å². The van der Waals surface area contributed by atoms with Crippen LogP contribution < -0.4 is 11.1 Å². The monoisotopic (exact) mass is 327 g/mol. The molecule has 0 bridgehead atoms. The topological polar surface area (TPSA) is 96.7 Å². The van der Waals surface area contributed by atoms with Gasteiger partial charge in [-0.3, -0.25) is 9.89 Å². The van der Waals surface area contributed by atoms with Crippen LogP contribution in [0.1, 0.15) is 35.0 Å². The molecule has 4 rings (SSSR count). The van der Waals surface area contributed by atoms with Crippen molar-refractivity contribution in [3.05, 3.63) is 34.5 Å². The number of aromatic nitrogens is 3. The van der Waals surface area contributed by atoms with Crippen LogP contribution in [0.4, 0.5) is 10.8 Å². The molecule has 3 aromatic rings. The first-order chi connectivity index (χ1) is 11.1. The first-order valence-corrected chi connectivity index (χ1v) is 8.44. The molecule has 1 aliphatic carbocycles. The van der Waals surface area contributed by atoms with Gasteiger partial charge in [-0.15, -0.1) is 11.3 Å². The van der Waals surface area contributed by atoms with E-state index in [-0.39, 0.29) is 11.8 Å². The number of nitrogen functional groups attached to an aromatic ring is 1. The smallest absolute Gasteiger partial charge is 0.233 e. The number of aryl methyl sites for hydroxylation is 2. The number of aromatic amines is 1. The molecule has 1 atom stereocenters. The van der Waals surface area contributed by atoms with Crippen LogP contribution in [0.5, 0.6) is 0 Å². The minimum Gasteiger partial charge on any atom is -0.375 e. The molecule has 1 aliphatic rings. The van der Waals surface area contributed by atoms with Gasteiger partial charge in [-0.05, 0) is 44.4 Å². The molecular formula is C16H17N5OS. The van der Waals surface area contributed by atoms with Gasteiger partial charge >= 0.3 is 0 Å². The predicted molar refractivity (Wildman–Crippen MR) is 91.7 cm³/mol. The third kappa shape index (κ3) is 2.46. The Bertz CT molecular complexity index is 897. The van der Waals surface area contributed by atoms with Crippen molar-refractivity contribution in [2.24, 2.45) is 0 Å². The van der Waals surface area contributed by atoms with Crippen LogP contribution in [0, 0.1) is 6.92 Å². The maximum absolute atomic E-state index is 12.7. The molecule has 1 unspecified atom stereocenters. The van der Waals surface area contributed by atoms with E-state index in [1.165, 1.54) is 11.3 Å². The largest absolute Gasteiger partial charge is 0.375 e. The third-order valence-electron chi connectivity index (χ3n) is 4.30. The highest BCUT2D eigenvalue weighted by molar-refractivity contribution is 7.15. The lowest BCUT2D eigenvalue weighted by atomic mass is 9.90. The highest BCUT2D eigenvalue weighted by Gasteiger charge is 2.30. The molecule has 7 heteroatoms. The number of nitrogens with one attached hydrogen (secondary N) is 2. The molecule has 0 spiro atoms. The molecule has 0 aliphatic heterocycles. The highest BCUT2D eigenvalue weighted by Crippen LogP contribution is 2.36. The molecule has 23 heavy (non-hydrogen) atoms. The van der Waals surface area contributed by atoms with Crippen molar-refractivity contribution in [2.75, 3.05) is 11.1 Å². The molecule has 0 saturated carbocycles. The van der Waals surface area contributed by atoms with Crippen LogP contribution in [0.2, 0.25) is 0 Å². The first kappa shape index (κ1) is 14.2. The number of hydrogen-bond acceptors (Lipinski definition) is 5. The zero-order chi connectivity index (χ0) is 16.0. The molecule has 2 aromatic heterocycles. The number of carbonyl (C=O) groups excluding carboxylic acids is 1. The number of anilines is 2. The van der Waals surface area contributed by atoms with E-state index in [0.717, 1.165) is 52.1 Å². The molecule has 1 aromatic carbocycles. The fourth-order valence-electron chi connectivity index (χ4n) is 3.15. The van der Waals surface area contributed by atoms with Gasteiger partial charge in [0.1, 0.15) is 0 Å². The average Bonchev–Trinajstić information content (AvgIpc) is 3.09. The molecular weight excluding hydrogens is 310 g/mol. The number of benzene rings is 1. The molecule has 0 saturated heterocycles. The summed E-state index contributed by atoms with van der Waals surface area (Å²) < 4.78 is 0. The summed E-state index contributed by atoms with van der Waals surface area (Å²) in [6.07, 6.45) is 2.77. The van der Waals surface area contributed by atoms with Crippen molar-refractivity contribution in [2.45, 2.75) is 32.1 Å². The van der Waals surface area contributed by atoms with Gasteiger partial charge in [0.05, 0.1) is 17.1 Å². The zero-order valence-electron chi connectivity index (χ0n) is 12.7. The Balaban J connectivity index is 1.59. The highest BCUT2D eigenvalue weighted by atomic mass is 32.1. The van der Waals surface area contributed by atoms with Crippen LogP contribution in [-0.4, -0.2) is 21.1 Å². The van der Waals surface area contributed by atoms with Gasteiger partial charge in [0.2, 0.25) is 5.91 Å². The Morgan fingerprint density at radius 3 is 3.22 bits per heavy atom. The first-order valence-electron chi connectivity index (χ1n) is 7.62. The van der Waals surface area contributed by atoms with E-state index in [2.05, 4.69) is 20.5 Å². The second kappa shape index (κ2) is 5.34. The van der Waals surface area contributed by atoms with E-state index >= 15 is 0 Å². The summed E-state index contributed by atoms with van der Waals surface area (Å²) in [6.45, 7) is 1.98. The Hall–Kier alpha value is -2.41. The van der Waals surface area contributed by atoms with Gasteiger partial charge in [-0.25, -0.2) is 4.98 Å². The van der Waals surface area contributed by atoms with Crippen molar-refractivity contribution in [1.82, 2.24) is 15.2 Å². The van der Waals surface area contributed by atoms with E-state index in [0.29, 0.717) is 5.13 Å². The van der Waals surface area contributed by atoms with E-state index in [1.807, 2.05) is 25.1 Å². The van der Waals surface area contributed by atoms with E-state index in [1.54, 1.807) is 0 Å². The second-order valence-corrected chi connectivity index (χ2v) is 6.99. The average molecular weight is 327 g/mol. The Morgan fingerprint density at radius 2 is 2.35 bits per heavy atom. The molecule has 1 amide bonds. The molecule has 6 nitrogen and oxygen atoms in total. The summed E-state index contributed by atoms with van der Waals surface area (Å²) in [4.78, 5) is 18.2. The minimum absolute atomic E-state index is 0.0251. The van der Waals surface area contributed by atoms with Crippen LogP contribution in [0.15, 0.2) is 18.2 Å². The summed E-state index contributed by atoms with van der Waals surface area (Å²) in [7, 11) is 0. The number of amides is 1. The number of fused-ring (bicyclic) bond motifs is 2. The van der Waals surface area contributed by atoms with Crippen LogP contribution in [-0.2, 0) is 11.2 Å². The number of rotatable bonds is 2. The van der Waals surface area contributed by atoms with Gasteiger partial charge in [0.15, 0.2) is 5.13 Å². The summed E-state index contributed by atoms with van der Waals surface area (Å²) >= 11 is 1.49. The van der Waals surface area contributed by atoms with E-state index in [9.17, 15) is 4.79 Å². The number of H-pyrrole nitrogens is 1. The lowest BCUT2D eigenvalue weighted by Gasteiger charge is -2.20. The lowest BCUT2D eigenvalue weighted by Crippen LogP contribution is -2.24. The quantitative estimate of drug-likeness (QED) is 0.674. The molecule has 2 heterocycles.